The molecule has 1 heterocycles. The van der Waals surface area contributed by atoms with Crippen LogP contribution in [0, 0.1) is 12.8 Å². The second kappa shape index (κ2) is 8.12. The first-order valence-corrected chi connectivity index (χ1v) is 12.0. The summed E-state index contributed by atoms with van der Waals surface area (Å²) in [5.74, 6) is 0.0941. The highest BCUT2D eigenvalue weighted by Crippen LogP contribution is 2.31. The molecule has 1 aliphatic carbocycles. The largest absolute Gasteiger partial charge is 0.302 e. The summed E-state index contributed by atoms with van der Waals surface area (Å²) in [5, 5.41) is 3.48. The fraction of sp³-hybridized carbons (Fsp3) is 0.333. The Morgan fingerprint density at radius 1 is 1.10 bits per heavy atom. The number of nitrogens with one attached hydrogen (secondary N) is 2. The van der Waals surface area contributed by atoms with Crippen molar-refractivity contribution < 1.29 is 13.2 Å². The van der Waals surface area contributed by atoms with E-state index in [0.717, 1.165) is 35.9 Å². The number of carbonyl (C=O) groups excluding carboxylic acids is 1. The van der Waals surface area contributed by atoms with E-state index in [4.69, 9.17) is 0 Å². The molecule has 0 spiro atoms. The van der Waals surface area contributed by atoms with Crippen molar-refractivity contribution in [2.24, 2.45) is 5.92 Å². The minimum atomic E-state index is -3.68. The molecule has 6 nitrogen and oxygen atoms in total. The van der Waals surface area contributed by atoms with Gasteiger partial charge >= 0.3 is 0 Å². The highest BCUT2D eigenvalue weighted by Gasteiger charge is 2.22. The van der Waals surface area contributed by atoms with E-state index in [-0.39, 0.29) is 16.7 Å². The molecule has 1 saturated carbocycles. The van der Waals surface area contributed by atoms with E-state index in [1.54, 1.807) is 30.3 Å². The predicted octanol–water partition coefficient (Wildman–Crippen LogP) is 4.92. The van der Waals surface area contributed by atoms with Gasteiger partial charge in [-0.3, -0.25) is 9.52 Å². The lowest BCUT2D eigenvalue weighted by molar-refractivity contribution is -0.120. The average molecular weight is 430 g/mol. The van der Waals surface area contributed by atoms with E-state index in [1.807, 2.05) is 19.1 Å². The Hall–Kier alpha value is -2.45. The molecule has 0 radical (unpaired) electrons. The molecule has 4 rings (SSSR count). The Morgan fingerprint density at radius 3 is 2.66 bits per heavy atom. The molecule has 0 aliphatic heterocycles. The minimum absolute atomic E-state index is 0.0316. The zero-order valence-electron chi connectivity index (χ0n) is 16.1. The highest BCUT2D eigenvalue weighted by atomic mass is 32.2. The monoisotopic (exact) mass is 429 g/mol. The van der Waals surface area contributed by atoms with Crippen molar-refractivity contribution in [3.8, 4) is 0 Å². The van der Waals surface area contributed by atoms with Crippen LogP contribution in [0.15, 0.2) is 47.4 Å². The Kier molecular flexibility index (Phi) is 5.56. The first-order chi connectivity index (χ1) is 13.9. The number of aromatic nitrogens is 1. The van der Waals surface area contributed by atoms with Crippen LogP contribution in [-0.4, -0.2) is 19.3 Å². The topological polar surface area (TPSA) is 88.2 Å². The number of carbonyl (C=O) groups is 1. The fourth-order valence-corrected chi connectivity index (χ4v) is 5.62. The molecule has 1 amide bonds. The summed E-state index contributed by atoms with van der Waals surface area (Å²) in [5.41, 5.74) is 1.97. The Balaban J connectivity index is 1.51. The Bertz CT molecular complexity index is 1150. The highest BCUT2D eigenvalue weighted by molar-refractivity contribution is 7.92. The standard InChI is InChI=1S/C21H23N3O3S2/c1-14-6-5-9-17(12-14)29(26,27)24-16-10-11-19-18(13-16)22-21(28-19)23-20(25)15-7-3-2-4-8-15/h5-6,9-13,15,24H,2-4,7-8H2,1H3,(H,22,23,25). The van der Waals surface area contributed by atoms with Crippen LogP contribution in [0.25, 0.3) is 10.2 Å². The number of rotatable bonds is 5. The Labute approximate surface area is 174 Å². The quantitative estimate of drug-likeness (QED) is 0.602. The lowest BCUT2D eigenvalue weighted by Gasteiger charge is -2.19. The van der Waals surface area contributed by atoms with Crippen molar-refractivity contribution >= 4 is 48.3 Å². The molecule has 1 aromatic heterocycles. The lowest BCUT2D eigenvalue weighted by atomic mass is 9.89. The number of thiazole rings is 1. The molecule has 0 bridgehead atoms. The lowest BCUT2D eigenvalue weighted by Crippen LogP contribution is -2.24. The first-order valence-electron chi connectivity index (χ1n) is 9.72. The Morgan fingerprint density at radius 2 is 1.90 bits per heavy atom. The molecule has 2 aromatic carbocycles. The summed E-state index contributed by atoms with van der Waals surface area (Å²) in [7, 11) is -3.68. The summed E-state index contributed by atoms with van der Waals surface area (Å²) in [6, 6.07) is 12.0. The van der Waals surface area contributed by atoms with Gasteiger partial charge in [0.1, 0.15) is 0 Å². The van der Waals surface area contributed by atoms with Crippen LogP contribution in [-0.2, 0) is 14.8 Å². The maximum absolute atomic E-state index is 12.6. The van der Waals surface area contributed by atoms with Gasteiger partial charge in [0.25, 0.3) is 10.0 Å². The maximum atomic E-state index is 12.6. The number of aryl methyl sites for hydroxylation is 1. The molecule has 0 saturated heterocycles. The van der Waals surface area contributed by atoms with Crippen molar-refractivity contribution in [2.75, 3.05) is 10.0 Å². The van der Waals surface area contributed by atoms with Gasteiger partial charge in [-0.15, -0.1) is 0 Å². The molecule has 0 atom stereocenters. The van der Waals surface area contributed by atoms with Gasteiger partial charge in [-0.05, 0) is 55.7 Å². The van der Waals surface area contributed by atoms with Crippen molar-refractivity contribution in [3.63, 3.8) is 0 Å². The molecule has 2 N–H and O–H groups in total. The van der Waals surface area contributed by atoms with Crippen LogP contribution in [0.5, 0.6) is 0 Å². The van der Waals surface area contributed by atoms with Crippen LogP contribution >= 0.6 is 11.3 Å². The number of hydrogen-bond acceptors (Lipinski definition) is 5. The SMILES string of the molecule is Cc1cccc(S(=O)(=O)Nc2ccc3sc(NC(=O)C4CCCCC4)nc3c2)c1. The third-order valence-corrected chi connectivity index (χ3v) is 7.48. The van der Waals surface area contributed by atoms with E-state index in [1.165, 1.54) is 17.8 Å². The maximum Gasteiger partial charge on any atom is 0.261 e. The number of hydrogen-bond donors (Lipinski definition) is 2. The van der Waals surface area contributed by atoms with Gasteiger partial charge in [0.15, 0.2) is 5.13 Å². The van der Waals surface area contributed by atoms with Crippen LogP contribution in [0.4, 0.5) is 10.8 Å². The number of anilines is 2. The van der Waals surface area contributed by atoms with Crippen molar-refractivity contribution in [2.45, 2.75) is 43.9 Å². The van der Waals surface area contributed by atoms with Crippen LogP contribution in [0.3, 0.4) is 0 Å². The van der Waals surface area contributed by atoms with Gasteiger partial charge in [-0.2, -0.15) is 0 Å². The molecule has 8 heteroatoms. The normalized spacial score (nSPS) is 15.3. The number of amides is 1. The number of sulfonamides is 1. The summed E-state index contributed by atoms with van der Waals surface area (Å²) in [6.45, 7) is 1.85. The predicted molar refractivity (Wildman–Crippen MR) is 117 cm³/mol. The van der Waals surface area contributed by atoms with Crippen LogP contribution in [0.2, 0.25) is 0 Å². The van der Waals surface area contributed by atoms with Gasteiger partial charge in [0.05, 0.1) is 20.8 Å². The molecular weight excluding hydrogens is 406 g/mol. The average Bonchev–Trinajstić information content (AvgIpc) is 3.10. The van der Waals surface area contributed by atoms with E-state index < -0.39 is 10.0 Å². The van der Waals surface area contributed by atoms with Gasteiger partial charge in [0.2, 0.25) is 5.91 Å². The number of benzene rings is 2. The zero-order valence-corrected chi connectivity index (χ0v) is 17.8. The van der Waals surface area contributed by atoms with Gasteiger partial charge in [0, 0.05) is 5.92 Å². The number of fused-ring (bicyclic) bond motifs is 1. The third-order valence-electron chi connectivity index (χ3n) is 5.15. The molecular formula is C21H23N3O3S2. The van der Waals surface area contributed by atoms with Gasteiger partial charge < -0.3 is 5.32 Å². The molecule has 29 heavy (non-hydrogen) atoms. The first kappa shape index (κ1) is 19.8. The zero-order chi connectivity index (χ0) is 20.4. The van der Waals surface area contributed by atoms with Crippen molar-refractivity contribution in [1.29, 1.82) is 0 Å². The van der Waals surface area contributed by atoms with Crippen molar-refractivity contribution in [3.05, 3.63) is 48.0 Å². The van der Waals surface area contributed by atoms with Crippen LogP contribution < -0.4 is 10.0 Å². The summed E-state index contributed by atoms with van der Waals surface area (Å²) >= 11 is 1.39. The number of nitrogens with zero attached hydrogens (tertiary/aromatic N) is 1. The molecule has 152 valence electrons. The van der Waals surface area contributed by atoms with Crippen molar-refractivity contribution in [1.82, 2.24) is 4.98 Å². The summed E-state index contributed by atoms with van der Waals surface area (Å²) in [6.07, 6.45) is 5.26. The van der Waals surface area contributed by atoms with Gasteiger partial charge in [-0.25, -0.2) is 13.4 Å². The second-order valence-electron chi connectivity index (χ2n) is 7.45. The molecule has 0 unspecified atom stereocenters. The van der Waals surface area contributed by atoms with E-state index >= 15 is 0 Å². The van der Waals surface area contributed by atoms with E-state index in [9.17, 15) is 13.2 Å². The molecule has 1 aliphatic rings. The van der Waals surface area contributed by atoms with E-state index in [2.05, 4.69) is 15.0 Å². The van der Waals surface area contributed by atoms with Gasteiger partial charge in [-0.1, -0.05) is 42.7 Å². The fourth-order valence-electron chi connectivity index (χ4n) is 3.61. The smallest absolute Gasteiger partial charge is 0.261 e. The van der Waals surface area contributed by atoms with Crippen LogP contribution in [0.1, 0.15) is 37.7 Å². The summed E-state index contributed by atoms with van der Waals surface area (Å²) < 4.78 is 28.8. The molecule has 1 fully saturated rings. The van der Waals surface area contributed by atoms with E-state index in [0.29, 0.717) is 16.3 Å². The third kappa shape index (κ3) is 4.59. The molecule has 3 aromatic rings. The minimum Gasteiger partial charge on any atom is -0.302 e. The second-order valence-corrected chi connectivity index (χ2v) is 10.2. The summed E-state index contributed by atoms with van der Waals surface area (Å²) in [4.78, 5) is 17.1.